The summed E-state index contributed by atoms with van der Waals surface area (Å²) in [6.07, 6.45) is 7.60. The van der Waals surface area contributed by atoms with Gasteiger partial charge in [-0.3, -0.25) is 9.69 Å². The normalized spacial score (nSPS) is 24.2. The number of piperazine rings is 1. The smallest absolute Gasteiger partial charge is 0.217 e. The number of hydrogen-bond acceptors (Lipinski definition) is 4. The fraction of sp³-hybridized carbons (Fsp3) is 0.421. The summed E-state index contributed by atoms with van der Waals surface area (Å²) in [5, 5.41) is 9.78. The fourth-order valence-corrected chi connectivity index (χ4v) is 3.67. The van der Waals surface area contributed by atoms with Crippen molar-refractivity contribution in [3.05, 3.63) is 48.1 Å². The molecule has 128 valence electrons. The maximum atomic E-state index is 11.3. The molecule has 0 spiro atoms. The van der Waals surface area contributed by atoms with Crippen LogP contribution in [0, 0.1) is 0 Å². The molecule has 2 atom stereocenters. The Morgan fingerprint density at radius 2 is 2.21 bits per heavy atom. The molecule has 0 bridgehead atoms. The molecule has 1 aliphatic heterocycles. The third-order valence-corrected chi connectivity index (χ3v) is 4.91. The van der Waals surface area contributed by atoms with Crippen molar-refractivity contribution in [3.63, 3.8) is 0 Å². The predicted octanol–water partition coefficient (Wildman–Crippen LogP) is 2.03. The van der Waals surface area contributed by atoms with Gasteiger partial charge >= 0.3 is 0 Å². The van der Waals surface area contributed by atoms with Crippen LogP contribution in [0.5, 0.6) is 5.75 Å². The molecule has 3 N–H and O–H groups in total. The summed E-state index contributed by atoms with van der Waals surface area (Å²) < 4.78 is 0. The molecule has 2 unspecified atom stereocenters. The Morgan fingerprint density at radius 3 is 2.88 bits per heavy atom. The maximum Gasteiger partial charge on any atom is 0.217 e. The molecular weight excluding hydrogens is 302 g/mol. The van der Waals surface area contributed by atoms with Crippen LogP contribution < -0.4 is 10.6 Å². The number of primary amides is 1. The van der Waals surface area contributed by atoms with Gasteiger partial charge in [0.1, 0.15) is 5.75 Å². The van der Waals surface area contributed by atoms with E-state index in [-0.39, 0.29) is 17.7 Å². The van der Waals surface area contributed by atoms with Crippen LogP contribution in [-0.2, 0) is 4.79 Å². The second-order valence-electron chi connectivity index (χ2n) is 6.61. The minimum absolute atomic E-state index is 0.204. The van der Waals surface area contributed by atoms with Gasteiger partial charge in [0.25, 0.3) is 0 Å². The van der Waals surface area contributed by atoms with E-state index in [1.165, 1.54) is 5.57 Å². The average Bonchev–Trinajstić information content (AvgIpc) is 2.98. The molecule has 2 aliphatic rings. The van der Waals surface area contributed by atoms with Crippen molar-refractivity contribution in [2.45, 2.75) is 31.8 Å². The number of nitrogens with zero attached hydrogens (tertiary/aromatic N) is 2. The third kappa shape index (κ3) is 3.62. The molecule has 3 rings (SSSR count). The highest BCUT2D eigenvalue weighted by Crippen LogP contribution is 2.28. The first-order valence-electron chi connectivity index (χ1n) is 8.47. The van der Waals surface area contributed by atoms with E-state index < -0.39 is 0 Å². The standard InChI is InChI=1S/C19H25N3O2/c1-14-4-2-7-18(14)21-10-11-22(15-5-3-6-17(23)12-15)16(13-21)8-9-19(20)24/h2-7,12,16,18,23H,8-11,13H2,1H3,(H2,20,24). The number of hydrogen-bond donors (Lipinski definition) is 2. The first-order valence-corrected chi connectivity index (χ1v) is 8.47. The Balaban J connectivity index is 1.77. The second-order valence-corrected chi connectivity index (χ2v) is 6.61. The summed E-state index contributed by atoms with van der Waals surface area (Å²) >= 11 is 0. The SMILES string of the molecule is CC1=CC=CC1N1CCN(c2cccc(O)c2)C(CCC(N)=O)C1. The molecule has 5 heteroatoms. The van der Waals surface area contributed by atoms with Crippen LogP contribution in [0.2, 0.25) is 0 Å². The number of phenolic OH excluding ortho intramolecular Hbond substituents is 1. The van der Waals surface area contributed by atoms with Crippen molar-refractivity contribution in [1.82, 2.24) is 4.90 Å². The van der Waals surface area contributed by atoms with Crippen LogP contribution in [0.25, 0.3) is 0 Å². The molecule has 0 aromatic heterocycles. The van der Waals surface area contributed by atoms with E-state index in [2.05, 4.69) is 35.0 Å². The monoisotopic (exact) mass is 327 g/mol. The average molecular weight is 327 g/mol. The van der Waals surface area contributed by atoms with Crippen LogP contribution in [0.1, 0.15) is 19.8 Å². The first-order chi connectivity index (χ1) is 11.5. The van der Waals surface area contributed by atoms with Gasteiger partial charge in [-0.1, -0.05) is 29.9 Å². The zero-order valence-corrected chi connectivity index (χ0v) is 14.1. The van der Waals surface area contributed by atoms with Crippen LogP contribution in [0.15, 0.2) is 48.1 Å². The van der Waals surface area contributed by atoms with Gasteiger partial charge in [-0.2, -0.15) is 0 Å². The summed E-state index contributed by atoms with van der Waals surface area (Å²) in [7, 11) is 0. The molecule has 1 fully saturated rings. The number of rotatable bonds is 5. The van der Waals surface area contributed by atoms with Crippen molar-refractivity contribution in [3.8, 4) is 5.75 Å². The lowest BCUT2D eigenvalue weighted by Crippen LogP contribution is -2.56. The molecule has 5 nitrogen and oxygen atoms in total. The van der Waals surface area contributed by atoms with Gasteiger partial charge in [0, 0.05) is 49.9 Å². The molecule has 1 heterocycles. The molecule has 1 aromatic carbocycles. The summed E-state index contributed by atoms with van der Waals surface area (Å²) in [6, 6.07) is 7.88. The molecule has 1 aliphatic carbocycles. The number of aromatic hydroxyl groups is 1. The Bertz CT molecular complexity index is 668. The molecular formula is C19H25N3O2. The number of phenols is 1. The van der Waals surface area contributed by atoms with Gasteiger partial charge in [0.05, 0.1) is 0 Å². The number of nitrogens with two attached hydrogens (primary N) is 1. The zero-order chi connectivity index (χ0) is 17.1. The molecule has 0 radical (unpaired) electrons. The maximum absolute atomic E-state index is 11.3. The highest BCUT2D eigenvalue weighted by atomic mass is 16.3. The zero-order valence-electron chi connectivity index (χ0n) is 14.1. The molecule has 0 saturated carbocycles. The number of benzene rings is 1. The van der Waals surface area contributed by atoms with E-state index in [1.807, 2.05) is 12.1 Å². The van der Waals surface area contributed by atoms with E-state index in [9.17, 15) is 9.90 Å². The van der Waals surface area contributed by atoms with E-state index in [1.54, 1.807) is 12.1 Å². The van der Waals surface area contributed by atoms with Gasteiger partial charge in [-0.05, 0) is 25.5 Å². The lowest BCUT2D eigenvalue weighted by Gasteiger charge is -2.45. The lowest BCUT2D eigenvalue weighted by molar-refractivity contribution is -0.118. The molecule has 1 aromatic rings. The highest BCUT2D eigenvalue weighted by Gasteiger charge is 2.31. The Hall–Kier alpha value is -2.27. The summed E-state index contributed by atoms with van der Waals surface area (Å²) in [5.74, 6) is 0.000839. The van der Waals surface area contributed by atoms with Crippen molar-refractivity contribution >= 4 is 11.6 Å². The van der Waals surface area contributed by atoms with E-state index >= 15 is 0 Å². The van der Waals surface area contributed by atoms with Gasteiger partial charge in [-0.15, -0.1) is 0 Å². The van der Waals surface area contributed by atoms with E-state index in [0.29, 0.717) is 12.5 Å². The summed E-state index contributed by atoms with van der Waals surface area (Å²) in [4.78, 5) is 16.0. The number of carbonyl (C=O) groups excluding carboxylic acids is 1. The van der Waals surface area contributed by atoms with Gasteiger partial charge in [0.2, 0.25) is 5.91 Å². The Kier molecular flexibility index (Phi) is 4.90. The minimum Gasteiger partial charge on any atom is -0.508 e. The summed E-state index contributed by atoms with van der Waals surface area (Å²) in [6.45, 7) is 4.85. The van der Waals surface area contributed by atoms with E-state index in [0.717, 1.165) is 31.7 Å². The minimum atomic E-state index is -0.264. The Morgan fingerprint density at radius 1 is 1.38 bits per heavy atom. The van der Waals surface area contributed by atoms with Crippen molar-refractivity contribution in [2.24, 2.45) is 5.73 Å². The number of allylic oxidation sites excluding steroid dienone is 2. The van der Waals surface area contributed by atoms with Crippen LogP contribution in [0.3, 0.4) is 0 Å². The van der Waals surface area contributed by atoms with Crippen LogP contribution in [0.4, 0.5) is 5.69 Å². The fourth-order valence-electron chi connectivity index (χ4n) is 3.67. The lowest BCUT2D eigenvalue weighted by atomic mass is 10.0. The third-order valence-electron chi connectivity index (χ3n) is 4.91. The van der Waals surface area contributed by atoms with E-state index in [4.69, 9.17) is 5.73 Å². The molecule has 1 saturated heterocycles. The predicted molar refractivity (Wildman–Crippen MR) is 95.9 cm³/mol. The van der Waals surface area contributed by atoms with Crippen molar-refractivity contribution in [1.29, 1.82) is 0 Å². The second kappa shape index (κ2) is 7.09. The molecule has 1 amide bonds. The molecule has 24 heavy (non-hydrogen) atoms. The van der Waals surface area contributed by atoms with Gasteiger partial charge < -0.3 is 15.7 Å². The van der Waals surface area contributed by atoms with Crippen molar-refractivity contribution in [2.75, 3.05) is 24.5 Å². The van der Waals surface area contributed by atoms with Crippen molar-refractivity contribution < 1.29 is 9.90 Å². The van der Waals surface area contributed by atoms with Gasteiger partial charge in [0.15, 0.2) is 0 Å². The van der Waals surface area contributed by atoms with Crippen LogP contribution >= 0.6 is 0 Å². The quantitative estimate of drug-likeness (QED) is 0.868. The number of carbonyl (C=O) groups is 1. The first kappa shape index (κ1) is 16.6. The van der Waals surface area contributed by atoms with Gasteiger partial charge in [-0.25, -0.2) is 0 Å². The Labute approximate surface area is 143 Å². The largest absolute Gasteiger partial charge is 0.508 e. The van der Waals surface area contributed by atoms with Crippen LogP contribution in [-0.4, -0.2) is 47.6 Å². The summed E-state index contributed by atoms with van der Waals surface area (Å²) in [5.41, 5.74) is 7.72. The number of amides is 1. The highest BCUT2D eigenvalue weighted by molar-refractivity contribution is 5.73. The number of anilines is 1. The topological polar surface area (TPSA) is 69.8 Å².